The maximum atomic E-state index is 12.8. The van der Waals surface area contributed by atoms with Crippen LogP contribution in [-0.4, -0.2) is 17.9 Å². The molecule has 3 rings (SSSR count). The van der Waals surface area contributed by atoms with Crippen molar-refractivity contribution < 1.29 is 14.3 Å². The summed E-state index contributed by atoms with van der Waals surface area (Å²) in [5, 5.41) is 0. The molecule has 0 unspecified atom stereocenters. The first kappa shape index (κ1) is 16.7. The van der Waals surface area contributed by atoms with Crippen molar-refractivity contribution in [3.63, 3.8) is 0 Å². The van der Waals surface area contributed by atoms with Crippen LogP contribution >= 0.6 is 0 Å². The van der Waals surface area contributed by atoms with Gasteiger partial charge in [-0.15, -0.1) is 0 Å². The highest BCUT2D eigenvalue weighted by Gasteiger charge is 2.61. The van der Waals surface area contributed by atoms with Crippen molar-refractivity contribution in [2.45, 2.75) is 72.3 Å². The maximum absolute atomic E-state index is 12.8. The molecule has 1 aliphatic heterocycles. The number of carbonyl (C=O) groups excluding carboxylic acids is 2. The van der Waals surface area contributed by atoms with E-state index in [9.17, 15) is 9.59 Å². The molecule has 0 radical (unpaired) electrons. The Labute approximate surface area is 139 Å². The number of rotatable bonds is 4. The second-order valence-electron chi connectivity index (χ2n) is 8.53. The van der Waals surface area contributed by atoms with E-state index in [0.29, 0.717) is 30.5 Å². The molecule has 3 nitrogen and oxygen atoms in total. The molecule has 23 heavy (non-hydrogen) atoms. The van der Waals surface area contributed by atoms with Crippen molar-refractivity contribution in [1.29, 1.82) is 0 Å². The number of esters is 1. The fourth-order valence-corrected chi connectivity index (χ4v) is 5.62. The van der Waals surface area contributed by atoms with Crippen LogP contribution in [0.5, 0.6) is 0 Å². The maximum Gasteiger partial charge on any atom is 0.306 e. The molecule has 0 N–H and O–H groups in total. The Kier molecular flexibility index (Phi) is 4.41. The van der Waals surface area contributed by atoms with Gasteiger partial charge in [-0.1, -0.05) is 25.5 Å². The molecule has 3 aliphatic rings. The largest absolute Gasteiger partial charge is 0.462 e. The molecule has 0 spiro atoms. The van der Waals surface area contributed by atoms with E-state index >= 15 is 0 Å². The van der Waals surface area contributed by atoms with E-state index < -0.39 is 0 Å². The van der Waals surface area contributed by atoms with Crippen LogP contribution in [0.25, 0.3) is 0 Å². The minimum atomic E-state index is -0.0999. The molecule has 0 aromatic rings. The standard InChI is InChI=1S/C20H30O3/c1-12(2)6-5-7-13(3)15-11-16(21)19-14-10-18(22)23-17(14)8-9-20(15,19)4/h6,13-15,17,19H,5,7-11H2,1-4H3/t13-,14+,15-,17+,19+,20-/m1/s1. The third kappa shape index (κ3) is 2.88. The summed E-state index contributed by atoms with van der Waals surface area (Å²) in [5.74, 6) is 1.49. The van der Waals surface area contributed by atoms with Crippen LogP contribution in [0.15, 0.2) is 11.6 Å². The second kappa shape index (κ2) is 6.07. The van der Waals surface area contributed by atoms with Crippen molar-refractivity contribution >= 4 is 11.8 Å². The number of ether oxygens (including phenoxy) is 1. The summed E-state index contributed by atoms with van der Waals surface area (Å²) in [4.78, 5) is 24.5. The lowest BCUT2D eigenvalue weighted by molar-refractivity contribution is -0.144. The Bertz CT molecular complexity index is 531. The van der Waals surface area contributed by atoms with E-state index in [-0.39, 0.29) is 29.3 Å². The van der Waals surface area contributed by atoms with Crippen LogP contribution in [0.2, 0.25) is 0 Å². The number of allylic oxidation sites excluding steroid dienone is 2. The van der Waals surface area contributed by atoms with Gasteiger partial charge in [0.05, 0.1) is 6.42 Å². The van der Waals surface area contributed by atoms with Crippen molar-refractivity contribution in [1.82, 2.24) is 0 Å². The predicted molar refractivity (Wildman–Crippen MR) is 89.8 cm³/mol. The number of Topliss-reactive ketones (excluding diaryl/α,β-unsaturated/α-hetero) is 1. The topological polar surface area (TPSA) is 43.4 Å². The first-order valence-corrected chi connectivity index (χ1v) is 9.18. The molecule has 2 saturated carbocycles. The van der Waals surface area contributed by atoms with Gasteiger partial charge in [0.1, 0.15) is 11.9 Å². The van der Waals surface area contributed by atoms with Gasteiger partial charge >= 0.3 is 5.97 Å². The monoisotopic (exact) mass is 318 g/mol. The minimum Gasteiger partial charge on any atom is -0.462 e. The lowest BCUT2D eigenvalue weighted by Gasteiger charge is -2.45. The van der Waals surface area contributed by atoms with Crippen molar-refractivity contribution in [3.05, 3.63) is 11.6 Å². The zero-order valence-electron chi connectivity index (χ0n) is 14.9. The van der Waals surface area contributed by atoms with Crippen LogP contribution in [0.1, 0.15) is 66.2 Å². The molecular formula is C20H30O3. The molecule has 3 heteroatoms. The number of hydrogen-bond acceptors (Lipinski definition) is 3. The van der Waals surface area contributed by atoms with Crippen LogP contribution in [0.3, 0.4) is 0 Å². The summed E-state index contributed by atoms with van der Waals surface area (Å²) < 4.78 is 5.45. The van der Waals surface area contributed by atoms with Crippen molar-refractivity contribution in [2.75, 3.05) is 0 Å². The Morgan fingerprint density at radius 1 is 1.35 bits per heavy atom. The molecule has 0 aromatic heterocycles. The smallest absolute Gasteiger partial charge is 0.306 e. The highest BCUT2D eigenvalue weighted by molar-refractivity contribution is 5.86. The summed E-state index contributed by atoms with van der Waals surface area (Å²) in [6, 6.07) is 0. The van der Waals surface area contributed by atoms with E-state index in [4.69, 9.17) is 4.74 Å². The molecular weight excluding hydrogens is 288 g/mol. The van der Waals surface area contributed by atoms with Gasteiger partial charge in [-0.05, 0) is 56.8 Å². The van der Waals surface area contributed by atoms with Gasteiger partial charge in [-0.3, -0.25) is 9.59 Å². The highest BCUT2D eigenvalue weighted by Crippen LogP contribution is 2.60. The van der Waals surface area contributed by atoms with E-state index in [1.54, 1.807) is 0 Å². The van der Waals surface area contributed by atoms with Gasteiger partial charge in [0.2, 0.25) is 0 Å². The molecule has 1 heterocycles. The van der Waals surface area contributed by atoms with Gasteiger partial charge in [-0.25, -0.2) is 0 Å². The summed E-state index contributed by atoms with van der Waals surface area (Å²) in [6.45, 7) is 8.90. The third-order valence-electron chi connectivity index (χ3n) is 6.75. The molecule has 6 atom stereocenters. The van der Waals surface area contributed by atoms with Crippen LogP contribution in [0.4, 0.5) is 0 Å². The first-order valence-electron chi connectivity index (χ1n) is 9.18. The van der Waals surface area contributed by atoms with Gasteiger partial charge in [0.25, 0.3) is 0 Å². The van der Waals surface area contributed by atoms with E-state index in [1.807, 2.05) is 0 Å². The number of hydrogen-bond donors (Lipinski definition) is 0. The molecule has 0 bridgehead atoms. The van der Waals surface area contributed by atoms with Gasteiger partial charge in [0.15, 0.2) is 0 Å². The molecule has 128 valence electrons. The summed E-state index contributed by atoms with van der Waals surface area (Å²) >= 11 is 0. The highest BCUT2D eigenvalue weighted by atomic mass is 16.5. The van der Waals surface area contributed by atoms with Crippen LogP contribution in [0, 0.1) is 29.1 Å². The zero-order chi connectivity index (χ0) is 16.8. The Morgan fingerprint density at radius 3 is 2.78 bits per heavy atom. The van der Waals surface area contributed by atoms with Gasteiger partial charge < -0.3 is 4.74 Å². The molecule has 1 saturated heterocycles. The SMILES string of the molecule is CC(C)=CCC[C@@H](C)[C@H]1CC(=O)[C@@H]2[C@H]3CC(=O)O[C@H]3CC[C@]12C. The van der Waals surface area contributed by atoms with Crippen LogP contribution < -0.4 is 0 Å². The number of fused-ring (bicyclic) bond motifs is 3. The lowest BCUT2D eigenvalue weighted by atomic mass is 9.58. The summed E-state index contributed by atoms with van der Waals surface area (Å²) in [5.41, 5.74) is 1.43. The van der Waals surface area contributed by atoms with Crippen molar-refractivity contribution in [2.24, 2.45) is 29.1 Å². The van der Waals surface area contributed by atoms with E-state index in [0.717, 1.165) is 25.7 Å². The third-order valence-corrected chi connectivity index (χ3v) is 6.75. The average molecular weight is 318 g/mol. The normalized spacial score (nSPS) is 40.3. The van der Waals surface area contributed by atoms with Crippen LogP contribution in [-0.2, 0) is 14.3 Å². The summed E-state index contributed by atoms with van der Waals surface area (Å²) in [6.07, 6.45) is 7.67. The lowest BCUT2D eigenvalue weighted by Crippen LogP contribution is -2.44. The number of carbonyl (C=O) groups is 2. The fourth-order valence-electron chi connectivity index (χ4n) is 5.62. The molecule has 2 aliphatic carbocycles. The van der Waals surface area contributed by atoms with Gasteiger partial charge in [0, 0.05) is 18.3 Å². The number of ketones is 1. The second-order valence-corrected chi connectivity index (χ2v) is 8.53. The fraction of sp³-hybridized carbons (Fsp3) is 0.800. The Hall–Kier alpha value is -1.12. The van der Waals surface area contributed by atoms with Crippen molar-refractivity contribution in [3.8, 4) is 0 Å². The first-order chi connectivity index (χ1) is 10.8. The Balaban J connectivity index is 1.76. The van der Waals surface area contributed by atoms with E-state index in [1.165, 1.54) is 5.57 Å². The van der Waals surface area contributed by atoms with Gasteiger partial charge in [-0.2, -0.15) is 0 Å². The molecule has 0 aromatic carbocycles. The quantitative estimate of drug-likeness (QED) is 0.573. The average Bonchev–Trinajstić information content (AvgIpc) is 2.95. The summed E-state index contributed by atoms with van der Waals surface area (Å²) in [7, 11) is 0. The molecule has 3 fully saturated rings. The predicted octanol–water partition coefficient (Wildman–Crippen LogP) is 4.31. The molecule has 0 amide bonds. The minimum absolute atomic E-state index is 0.00394. The zero-order valence-corrected chi connectivity index (χ0v) is 14.9. The van der Waals surface area contributed by atoms with E-state index in [2.05, 4.69) is 33.8 Å². The Morgan fingerprint density at radius 2 is 2.09 bits per heavy atom.